The highest BCUT2D eigenvalue weighted by Gasteiger charge is 2.31. The van der Waals surface area contributed by atoms with Crippen molar-refractivity contribution in [2.24, 2.45) is 0 Å². The van der Waals surface area contributed by atoms with Crippen molar-refractivity contribution >= 4 is 17.7 Å². The van der Waals surface area contributed by atoms with Gasteiger partial charge in [0.2, 0.25) is 0 Å². The number of hydrogen-bond donors (Lipinski definition) is 1. The number of benzene rings is 3. The Hall–Kier alpha value is -3.59. The number of carbonyl (C=O) groups is 1. The molecule has 1 atom stereocenters. The van der Waals surface area contributed by atoms with Crippen LogP contribution in [-0.2, 0) is 11.9 Å². The van der Waals surface area contributed by atoms with Gasteiger partial charge in [-0.25, -0.2) is 0 Å². The van der Waals surface area contributed by atoms with Crippen LogP contribution in [0.4, 0.5) is 13.2 Å². The molecule has 0 bridgehead atoms. The first-order chi connectivity index (χ1) is 16.7. The number of halogens is 3. The highest BCUT2D eigenvalue weighted by Crippen LogP contribution is 2.30. The maximum Gasteiger partial charge on any atom is 0.416 e. The quantitative estimate of drug-likeness (QED) is 0.302. The Bertz CT molecular complexity index is 1300. The summed E-state index contributed by atoms with van der Waals surface area (Å²) in [5.41, 5.74) is 2.09. The molecule has 0 fully saturated rings. The van der Waals surface area contributed by atoms with E-state index in [4.69, 9.17) is 0 Å². The van der Waals surface area contributed by atoms with Crippen molar-refractivity contribution in [1.82, 2.24) is 20.1 Å². The molecule has 0 aliphatic rings. The molecular weight excluding hydrogens is 473 g/mol. The Morgan fingerprint density at radius 1 is 1.00 bits per heavy atom. The third kappa shape index (κ3) is 5.92. The molecule has 0 spiro atoms. The largest absolute Gasteiger partial charge is 0.416 e. The summed E-state index contributed by atoms with van der Waals surface area (Å²) in [6.07, 6.45) is -4.53. The molecule has 9 heteroatoms. The van der Waals surface area contributed by atoms with Crippen molar-refractivity contribution in [3.05, 3.63) is 107 Å². The van der Waals surface area contributed by atoms with Crippen LogP contribution in [0.3, 0.4) is 0 Å². The molecule has 1 N–H and O–H groups in total. The Kier molecular flexibility index (Phi) is 7.25. The molecule has 0 radical (unpaired) electrons. The van der Waals surface area contributed by atoms with Crippen LogP contribution in [0.15, 0.2) is 84.0 Å². The first-order valence-electron chi connectivity index (χ1n) is 10.9. The molecule has 4 rings (SSSR count). The highest BCUT2D eigenvalue weighted by molar-refractivity contribution is 7.98. The van der Waals surface area contributed by atoms with Gasteiger partial charge in [-0.15, -0.1) is 10.2 Å². The van der Waals surface area contributed by atoms with E-state index in [0.717, 1.165) is 28.9 Å². The second kappa shape index (κ2) is 10.4. The normalized spacial score (nSPS) is 12.4. The Balaban J connectivity index is 1.61. The summed E-state index contributed by atoms with van der Waals surface area (Å²) in [5, 5.41) is 12.1. The summed E-state index contributed by atoms with van der Waals surface area (Å²) >= 11 is 1.51. The molecule has 1 unspecified atom stereocenters. The van der Waals surface area contributed by atoms with E-state index in [2.05, 4.69) is 15.5 Å². The number of thioether (sulfide) groups is 1. The molecule has 4 aromatic rings. The topological polar surface area (TPSA) is 59.8 Å². The lowest BCUT2D eigenvalue weighted by atomic mass is 10.1. The molecule has 5 nitrogen and oxygen atoms in total. The van der Waals surface area contributed by atoms with Crippen LogP contribution in [0.1, 0.15) is 45.8 Å². The molecule has 1 heterocycles. The monoisotopic (exact) mass is 496 g/mol. The van der Waals surface area contributed by atoms with E-state index in [0.29, 0.717) is 16.7 Å². The van der Waals surface area contributed by atoms with Crippen molar-refractivity contribution in [2.45, 2.75) is 37.0 Å². The molecule has 180 valence electrons. The summed E-state index contributed by atoms with van der Waals surface area (Å²) in [6, 6.07) is 21.5. The molecule has 0 saturated carbocycles. The number of carbonyl (C=O) groups excluding carboxylic acids is 1. The summed E-state index contributed by atoms with van der Waals surface area (Å²) in [4.78, 5) is 12.8. The van der Waals surface area contributed by atoms with Crippen LogP contribution in [0.5, 0.6) is 0 Å². The predicted molar refractivity (Wildman–Crippen MR) is 129 cm³/mol. The standard InChI is InChI=1S/C26H23F3N4OS/c1-17-11-13-22(14-12-17)33-23(31-32-25(33)35-16-19-7-4-3-5-8-19)18(2)30-24(34)20-9-6-10-21(15-20)26(27,28)29/h3-15,18H,16H2,1-2H3,(H,30,34). The van der Waals surface area contributed by atoms with Crippen molar-refractivity contribution in [2.75, 3.05) is 0 Å². The third-order valence-electron chi connectivity index (χ3n) is 5.35. The van der Waals surface area contributed by atoms with Gasteiger partial charge in [0.25, 0.3) is 5.91 Å². The Morgan fingerprint density at radius 3 is 2.40 bits per heavy atom. The highest BCUT2D eigenvalue weighted by atomic mass is 32.2. The first kappa shape index (κ1) is 24.5. The van der Waals surface area contributed by atoms with Crippen LogP contribution in [0.2, 0.25) is 0 Å². The van der Waals surface area contributed by atoms with Gasteiger partial charge in [-0.05, 0) is 49.7 Å². The van der Waals surface area contributed by atoms with Crippen LogP contribution in [-0.4, -0.2) is 20.7 Å². The summed E-state index contributed by atoms with van der Waals surface area (Å²) in [6.45, 7) is 3.71. The fourth-order valence-electron chi connectivity index (χ4n) is 3.50. The van der Waals surface area contributed by atoms with Gasteiger partial charge < -0.3 is 5.32 Å². The fourth-order valence-corrected chi connectivity index (χ4v) is 4.41. The first-order valence-corrected chi connectivity index (χ1v) is 11.9. The van der Waals surface area contributed by atoms with E-state index in [1.165, 1.54) is 23.9 Å². The zero-order valence-electron chi connectivity index (χ0n) is 19.1. The summed E-state index contributed by atoms with van der Waals surface area (Å²) in [7, 11) is 0. The lowest BCUT2D eigenvalue weighted by Crippen LogP contribution is -2.29. The minimum absolute atomic E-state index is 0.0771. The van der Waals surface area contributed by atoms with Gasteiger partial charge in [0, 0.05) is 17.0 Å². The number of nitrogens with one attached hydrogen (secondary N) is 1. The van der Waals surface area contributed by atoms with Crippen molar-refractivity contribution in [1.29, 1.82) is 0 Å². The average molecular weight is 497 g/mol. The van der Waals surface area contributed by atoms with Crippen LogP contribution >= 0.6 is 11.8 Å². The maximum atomic E-state index is 13.1. The number of amides is 1. The van der Waals surface area contributed by atoms with Gasteiger partial charge in [0.15, 0.2) is 11.0 Å². The lowest BCUT2D eigenvalue weighted by molar-refractivity contribution is -0.137. The molecule has 0 aliphatic heterocycles. The second-order valence-electron chi connectivity index (χ2n) is 8.06. The van der Waals surface area contributed by atoms with Gasteiger partial charge in [-0.1, -0.05) is 65.9 Å². The van der Waals surface area contributed by atoms with Gasteiger partial charge in [0.1, 0.15) is 0 Å². The van der Waals surface area contributed by atoms with Crippen molar-refractivity contribution in [3.63, 3.8) is 0 Å². The molecular formula is C26H23F3N4OS. The average Bonchev–Trinajstić information content (AvgIpc) is 3.27. The summed E-state index contributed by atoms with van der Waals surface area (Å²) < 4.78 is 41.1. The number of hydrogen-bond acceptors (Lipinski definition) is 4. The molecule has 1 aromatic heterocycles. The predicted octanol–water partition coefficient (Wildman–Crippen LogP) is 6.38. The molecule has 1 amide bonds. The molecule has 35 heavy (non-hydrogen) atoms. The maximum absolute atomic E-state index is 13.1. The molecule has 3 aromatic carbocycles. The van der Waals surface area contributed by atoms with Crippen molar-refractivity contribution < 1.29 is 18.0 Å². The van der Waals surface area contributed by atoms with Crippen molar-refractivity contribution in [3.8, 4) is 5.69 Å². The van der Waals surface area contributed by atoms with Crippen LogP contribution < -0.4 is 5.32 Å². The molecule has 0 aliphatic carbocycles. The number of rotatable bonds is 7. The SMILES string of the molecule is Cc1ccc(-n2c(SCc3ccccc3)nnc2C(C)NC(=O)c2cccc(C(F)(F)F)c2)cc1. The summed E-state index contributed by atoms with van der Waals surface area (Å²) in [5.74, 6) is 0.529. The van der Waals surface area contributed by atoms with Crippen LogP contribution in [0, 0.1) is 6.92 Å². The number of aromatic nitrogens is 3. The Labute approximate surface area is 205 Å². The van der Waals surface area contributed by atoms with E-state index < -0.39 is 23.7 Å². The van der Waals surface area contributed by atoms with Gasteiger partial charge in [0.05, 0.1) is 11.6 Å². The minimum atomic E-state index is -4.53. The van der Waals surface area contributed by atoms with Crippen LogP contribution in [0.25, 0.3) is 5.69 Å². The zero-order chi connectivity index (χ0) is 25.0. The van der Waals surface area contributed by atoms with Gasteiger partial charge in [-0.2, -0.15) is 13.2 Å². The zero-order valence-corrected chi connectivity index (χ0v) is 19.9. The van der Waals surface area contributed by atoms with E-state index in [1.54, 1.807) is 6.92 Å². The van der Waals surface area contributed by atoms with E-state index in [-0.39, 0.29) is 5.56 Å². The van der Waals surface area contributed by atoms with E-state index >= 15 is 0 Å². The number of alkyl halides is 3. The second-order valence-corrected chi connectivity index (χ2v) is 9.00. The molecule has 0 saturated heterocycles. The minimum Gasteiger partial charge on any atom is -0.342 e. The fraction of sp³-hybridized carbons (Fsp3) is 0.192. The Morgan fingerprint density at radius 2 is 1.71 bits per heavy atom. The van der Waals surface area contributed by atoms with E-state index in [9.17, 15) is 18.0 Å². The van der Waals surface area contributed by atoms with E-state index in [1.807, 2.05) is 66.1 Å². The van der Waals surface area contributed by atoms with Gasteiger partial charge >= 0.3 is 6.18 Å². The number of aryl methyl sites for hydroxylation is 1. The smallest absolute Gasteiger partial charge is 0.342 e. The number of nitrogens with zero attached hydrogens (tertiary/aromatic N) is 3. The van der Waals surface area contributed by atoms with Gasteiger partial charge in [-0.3, -0.25) is 9.36 Å². The lowest BCUT2D eigenvalue weighted by Gasteiger charge is -2.17. The third-order valence-corrected chi connectivity index (χ3v) is 6.35.